The standard InChI is InChI=1S/C7H13FN2/c1-10-3-5-6(8)2-7(5,9)4-10/h5-6H,2-4,9H2,1H3/t5-,6?,7+/m0/s1. The second-order valence-corrected chi connectivity index (χ2v) is 3.76. The molecule has 1 unspecified atom stereocenters. The zero-order valence-corrected chi connectivity index (χ0v) is 6.18. The Bertz CT molecular complexity index is 162. The summed E-state index contributed by atoms with van der Waals surface area (Å²) in [7, 11) is 2.00. The highest BCUT2D eigenvalue weighted by atomic mass is 19.1. The van der Waals surface area contributed by atoms with E-state index in [1.807, 2.05) is 7.05 Å². The quantitative estimate of drug-likeness (QED) is 0.518. The van der Waals surface area contributed by atoms with Crippen molar-refractivity contribution in [2.45, 2.75) is 18.1 Å². The fraction of sp³-hybridized carbons (Fsp3) is 1.00. The Kier molecular flexibility index (Phi) is 1.12. The van der Waals surface area contributed by atoms with Crippen LogP contribution < -0.4 is 5.73 Å². The fourth-order valence-corrected chi connectivity index (χ4v) is 2.24. The maximum absolute atomic E-state index is 12.8. The van der Waals surface area contributed by atoms with Crippen molar-refractivity contribution < 1.29 is 4.39 Å². The first-order chi connectivity index (χ1) is 4.62. The molecule has 2 N–H and O–H groups in total. The number of hydrogen-bond donors (Lipinski definition) is 1. The topological polar surface area (TPSA) is 29.3 Å². The van der Waals surface area contributed by atoms with Gasteiger partial charge in [-0.25, -0.2) is 4.39 Å². The van der Waals surface area contributed by atoms with E-state index in [2.05, 4.69) is 4.90 Å². The van der Waals surface area contributed by atoms with Gasteiger partial charge in [-0.3, -0.25) is 0 Å². The van der Waals surface area contributed by atoms with Crippen LogP contribution in [0.15, 0.2) is 0 Å². The molecule has 2 fully saturated rings. The van der Waals surface area contributed by atoms with Gasteiger partial charge < -0.3 is 10.6 Å². The summed E-state index contributed by atoms with van der Waals surface area (Å²) in [4.78, 5) is 2.12. The van der Waals surface area contributed by atoms with E-state index in [0.29, 0.717) is 6.42 Å². The average Bonchev–Trinajstić information content (AvgIpc) is 2.03. The van der Waals surface area contributed by atoms with Crippen LogP contribution in [-0.2, 0) is 0 Å². The summed E-state index contributed by atoms with van der Waals surface area (Å²) in [5.74, 6) is 0.123. The Hall–Kier alpha value is -0.150. The predicted molar refractivity (Wildman–Crippen MR) is 37.4 cm³/mol. The second kappa shape index (κ2) is 1.71. The lowest BCUT2D eigenvalue weighted by Gasteiger charge is -2.43. The minimum absolute atomic E-state index is 0.123. The molecule has 0 amide bonds. The van der Waals surface area contributed by atoms with E-state index in [0.717, 1.165) is 13.1 Å². The first-order valence-electron chi connectivity index (χ1n) is 3.73. The third-order valence-electron chi connectivity index (χ3n) is 2.82. The van der Waals surface area contributed by atoms with Gasteiger partial charge in [-0.1, -0.05) is 0 Å². The number of nitrogens with zero attached hydrogens (tertiary/aromatic N) is 1. The molecule has 1 heterocycles. The third kappa shape index (κ3) is 0.648. The molecule has 3 atom stereocenters. The number of nitrogens with two attached hydrogens (primary N) is 1. The molecule has 0 aromatic rings. The molecule has 0 aromatic heterocycles. The van der Waals surface area contributed by atoms with Gasteiger partial charge in [-0.2, -0.15) is 0 Å². The summed E-state index contributed by atoms with van der Waals surface area (Å²) in [5, 5.41) is 0. The monoisotopic (exact) mass is 144 g/mol. The largest absolute Gasteiger partial charge is 0.324 e. The van der Waals surface area contributed by atoms with Crippen LogP contribution in [0.3, 0.4) is 0 Å². The van der Waals surface area contributed by atoms with Crippen molar-refractivity contribution >= 4 is 0 Å². The summed E-state index contributed by atoms with van der Waals surface area (Å²) >= 11 is 0. The van der Waals surface area contributed by atoms with Crippen LogP contribution in [0.5, 0.6) is 0 Å². The number of likely N-dealkylation sites (tertiary alicyclic amines) is 1. The van der Waals surface area contributed by atoms with Gasteiger partial charge in [0.25, 0.3) is 0 Å². The Balaban J connectivity index is 2.12. The number of rotatable bonds is 0. The third-order valence-corrected chi connectivity index (χ3v) is 2.82. The highest BCUT2D eigenvalue weighted by Gasteiger charge is 2.56. The van der Waals surface area contributed by atoms with Crippen LogP contribution >= 0.6 is 0 Å². The molecule has 2 aliphatic rings. The molecule has 58 valence electrons. The number of alkyl halides is 1. The molecule has 0 spiro atoms. The maximum Gasteiger partial charge on any atom is 0.108 e. The van der Waals surface area contributed by atoms with Crippen molar-refractivity contribution in [3.05, 3.63) is 0 Å². The van der Waals surface area contributed by atoms with Crippen LogP contribution in [0, 0.1) is 5.92 Å². The highest BCUT2D eigenvalue weighted by molar-refractivity contribution is 5.12. The van der Waals surface area contributed by atoms with Gasteiger partial charge in [0.05, 0.1) is 0 Å². The van der Waals surface area contributed by atoms with Gasteiger partial charge in [0.15, 0.2) is 0 Å². The molecule has 0 aromatic carbocycles. The van der Waals surface area contributed by atoms with Gasteiger partial charge in [-0.15, -0.1) is 0 Å². The molecular weight excluding hydrogens is 131 g/mol. The van der Waals surface area contributed by atoms with Crippen molar-refractivity contribution in [2.24, 2.45) is 11.7 Å². The van der Waals surface area contributed by atoms with Crippen LogP contribution in [-0.4, -0.2) is 36.7 Å². The minimum atomic E-state index is -0.630. The first kappa shape index (κ1) is 6.55. The SMILES string of the molecule is CN1C[C@H]2C(F)C[C@@]2(N)C1. The predicted octanol–water partition coefficient (Wildman–Crippen LogP) is -0.0127. The molecule has 2 nitrogen and oxygen atoms in total. The Morgan fingerprint density at radius 2 is 2.40 bits per heavy atom. The molecular formula is C7H13FN2. The zero-order chi connectivity index (χ0) is 7.35. The molecule has 0 bridgehead atoms. The van der Waals surface area contributed by atoms with Gasteiger partial charge in [0.2, 0.25) is 0 Å². The van der Waals surface area contributed by atoms with E-state index in [1.165, 1.54) is 0 Å². The van der Waals surface area contributed by atoms with Crippen molar-refractivity contribution in [2.75, 3.05) is 20.1 Å². The van der Waals surface area contributed by atoms with E-state index in [-0.39, 0.29) is 11.5 Å². The van der Waals surface area contributed by atoms with Crippen LogP contribution in [0.1, 0.15) is 6.42 Å². The van der Waals surface area contributed by atoms with Crippen LogP contribution in [0.2, 0.25) is 0 Å². The summed E-state index contributed by atoms with van der Waals surface area (Å²) in [6.45, 7) is 1.72. The number of fused-ring (bicyclic) bond motifs is 1. The molecule has 10 heavy (non-hydrogen) atoms. The van der Waals surface area contributed by atoms with Gasteiger partial charge >= 0.3 is 0 Å². The lowest BCUT2D eigenvalue weighted by molar-refractivity contribution is 0.0462. The minimum Gasteiger partial charge on any atom is -0.324 e. The Morgan fingerprint density at radius 1 is 1.70 bits per heavy atom. The molecule has 3 heteroatoms. The number of likely N-dealkylation sites (N-methyl/N-ethyl adjacent to an activating group) is 1. The van der Waals surface area contributed by atoms with Gasteiger partial charge in [0.1, 0.15) is 6.17 Å². The van der Waals surface area contributed by atoms with E-state index in [9.17, 15) is 4.39 Å². The lowest BCUT2D eigenvalue weighted by atomic mass is 9.68. The number of halogens is 1. The Labute approximate surface area is 60.2 Å². The molecule has 1 saturated carbocycles. The van der Waals surface area contributed by atoms with E-state index in [4.69, 9.17) is 5.73 Å². The summed E-state index contributed by atoms with van der Waals surface area (Å²) in [6, 6.07) is 0. The van der Waals surface area contributed by atoms with Crippen LogP contribution in [0.25, 0.3) is 0 Å². The van der Waals surface area contributed by atoms with E-state index < -0.39 is 6.17 Å². The average molecular weight is 144 g/mol. The summed E-state index contributed by atoms with van der Waals surface area (Å²) in [5.41, 5.74) is 5.73. The smallest absolute Gasteiger partial charge is 0.108 e. The molecule has 0 radical (unpaired) electrons. The summed E-state index contributed by atoms with van der Waals surface area (Å²) < 4.78 is 12.8. The van der Waals surface area contributed by atoms with Crippen molar-refractivity contribution in [3.63, 3.8) is 0 Å². The second-order valence-electron chi connectivity index (χ2n) is 3.76. The fourth-order valence-electron chi connectivity index (χ4n) is 2.24. The van der Waals surface area contributed by atoms with Gasteiger partial charge in [-0.05, 0) is 13.5 Å². The van der Waals surface area contributed by atoms with E-state index in [1.54, 1.807) is 0 Å². The lowest BCUT2D eigenvalue weighted by Crippen LogP contribution is -2.61. The van der Waals surface area contributed by atoms with Crippen molar-refractivity contribution in [1.82, 2.24) is 4.90 Å². The highest BCUT2D eigenvalue weighted by Crippen LogP contribution is 2.43. The number of hydrogen-bond acceptors (Lipinski definition) is 2. The van der Waals surface area contributed by atoms with E-state index >= 15 is 0 Å². The maximum atomic E-state index is 12.8. The van der Waals surface area contributed by atoms with Crippen LogP contribution in [0.4, 0.5) is 4.39 Å². The zero-order valence-electron chi connectivity index (χ0n) is 6.18. The molecule has 1 aliphatic carbocycles. The van der Waals surface area contributed by atoms with Crippen molar-refractivity contribution in [1.29, 1.82) is 0 Å². The Morgan fingerprint density at radius 3 is 2.80 bits per heavy atom. The first-order valence-corrected chi connectivity index (χ1v) is 3.73. The molecule has 1 aliphatic heterocycles. The van der Waals surface area contributed by atoms with Gasteiger partial charge in [0, 0.05) is 24.5 Å². The summed E-state index contributed by atoms with van der Waals surface area (Å²) in [6.07, 6.45) is -0.0582. The molecule has 2 rings (SSSR count). The molecule has 1 saturated heterocycles. The van der Waals surface area contributed by atoms with Crippen molar-refractivity contribution in [3.8, 4) is 0 Å². The normalized spacial score (nSPS) is 54.3.